The average molecular weight is 289 g/mol. The Bertz CT molecular complexity index is 190. The summed E-state index contributed by atoms with van der Waals surface area (Å²) in [5, 5.41) is 0. The van der Waals surface area contributed by atoms with E-state index in [2.05, 4.69) is 68.4 Å². The molecular weight excluding hydrogens is 244 g/mol. The predicted molar refractivity (Wildman–Crippen MR) is 97.3 cm³/mol. The van der Waals surface area contributed by atoms with Crippen LogP contribution in [0.4, 0.5) is 0 Å². The van der Waals surface area contributed by atoms with Gasteiger partial charge in [-0.2, -0.15) is 0 Å². The van der Waals surface area contributed by atoms with Gasteiger partial charge in [-0.15, -0.1) is 0 Å². The molecule has 0 aromatic rings. The zero-order chi connectivity index (χ0) is 16.0. The molecule has 20 heavy (non-hydrogen) atoms. The van der Waals surface area contributed by atoms with Gasteiger partial charge in [0.1, 0.15) is 0 Å². The molecule has 0 spiro atoms. The molecule has 1 heteroatoms. The SMILES string of the molecule is CC.CC/C(=C\C(C)C(C)C)C(C)C.CCC(C)C.O. The third kappa shape index (κ3) is 20.0. The van der Waals surface area contributed by atoms with Crippen LogP contribution >= 0.6 is 0 Å². The van der Waals surface area contributed by atoms with E-state index < -0.39 is 0 Å². The highest BCUT2D eigenvalue weighted by atomic mass is 16.0. The summed E-state index contributed by atoms with van der Waals surface area (Å²) in [5.41, 5.74) is 1.61. The highest BCUT2D eigenvalue weighted by molar-refractivity contribution is 5.06. The van der Waals surface area contributed by atoms with E-state index in [-0.39, 0.29) is 5.48 Å². The minimum absolute atomic E-state index is 0. The Hall–Kier alpha value is -0.300. The topological polar surface area (TPSA) is 31.5 Å². The van der Waals surface area contributed by atoms with Gasteiger partial charge < -0.3 is 5.48 Å². The van der Waals surface area contributed by atoms with E-state index in [4.69, 9.17) is 0 Å². The largest absolute Gasteiger partial charge is 0.412 e. The summed E-state index contributed by atoms with van der Waals surface area (Å²) in [6.07, 6.45) is 4.96. The first kappa shape index (κ1) is 27.9. The molecule has 0 aromatic carbocycles. The van der Waals surface area contributed by atoms with Gasteiger partial charge in [0.05, 0.1) is 0 Å². The Labute approximate surface area is 130 Å². The van der Waals surface area contributed by atoms with Crippen LogP contribution in [0.15, 0.2) is 11.6 Å². The number of hydrogen-bond acceptors (Lipinski definition) is 0. The second-order valence-corrected chi connectivity index (χ2v) is 6.16. The smallest absolute Gasteiger partial charge is 0.0236 e. The molecule has 0 radical (unpaired) electrons. The van der Waals surface area contributed by atoms with Gasteiger partial charge in [-0.1, -0.05) is 94.2 Å². The lowest BCUT2D eigenvalue weighted by molar-refractivity contribution is 0.496. The van der Waals surface area contributed by atoms with E-state index in [9.17, 15) is 0 Å². The minimum Gasteiger partial charge on any atom is -0.412 e. The Morgan fingerprint density at radius 2 is 1.20 bits per heavy atom. The molecule has 1 nitrogen and oxygen atoms in total. The van der Waals surface area contributed by atoms with E-state index >= 15 is 0 Å². The molecule has 0 aliphatic carbocycles. The maximum absolute atomic E-state index is 2.45. The lowest BCUT2D eigenvalue weighted by Crippen LogP contribution is -2.03. The Morgan fingerprint density at radius 3 is 1.35 bits per heavy atom. The number of allylic oxidation sites excluding steroid dienone is 2. The summed E-state index contributed by atoms with van der Waals surface area (Å²) in [4.78, 5) is 0. The van der Waals surface area contributed by atoms with Crippen molar-refractivity contribution >= 4 is 0 Å². The van der Waals surface area contributed by atoms with E-state index in [1.165, 1.54) is 12.8 Å². The molecule has 0 aliphatic rings. The van der Waals surface area contributed by atoms with E-state index in [1.807, 2.05) is 13.8 Å². The zero-order valence-electron chi connectivity index (χ0n) is 16.3. The molecule has 0 amide bonds. The lowest BCUT2D eigenvalue weighted by atomic mass is 9.91. The van der Waals surface area contributed by atoms with Gasteiger partial charge in [0.25, 0.3) is 0 Å². The van der Waals surface area contributed by atoms with E-state index in [0.717, 1.165) is 23.7 Å². The van der Waals surface area contributed by atoms with Crippen molar-refractivity contribution in [3.63, 3.8) is 0 Å². The highest BCUT2D eigenvalue weighted by Gasteiger charge is 2.06. The first-order chi connectivity index (χ1) is 8.76. The van der Waals surface area contributed by atoms with Gasteiger partial charge in [0, 0.05) is 0 Å². The first-order valence-electron chi connectivity index (χ1n) is 8.46. The van der Waals surface area contributed by atoms with E-state index in [0.29, 0.717) is 0 Å². The summed E-state index contributed by atoms with van der Waals surface area (Å²) in [6, 6.07) is 0. The first-order valence-corrected chi connectivity index (χ1v) is 8.46. The molecule has 0 bridgehead atoms. The summed E-state index contributed by atoms with van der Waals surface area (Å²) < 4.78 is 0. The van der Waals surface area contributed by atoms with Crippen molar-refractivity contribution in [1.82, 2.24) is 0 Å². The molecule has 1 atom stereocenters. The second kappa shape index (κ2) is 18.7. The maximum Gasteiger partial charge on any atom is -0.0236 e. The fourth-order valence-corrected chi connectivity index (χ4v) is 1.25. The number of hydrogen-bond donors (Lipinski definition) is 0. The van der Waals surface area contributed by atoms with Crippen molar-refractivity contribution in [2.24, 2.45) is 23.7 Å². The molecule has 1 unspecified atom stereocenters. The van der Waals surface area contributed by atoms with Crippen LogP contribution in [-0.4, -0.2) is 5.48 Å². The lowest BCUT2D eigenvalue weighted by Gasteiger charge is -2.15. The van der Waals surface area contributed by atoms with Gasteiger partial charge >= 0.3 is 0 Å². The molecule has 0 aromatic heterocycles. The van der Waals surface area contributed by atoms with Crippen molar-refractivity contribution in [2.75, 3.05) is 0 Å². The summed E-state index contributed by atoms with van der Waals surface area (Å²) in [5.74, 6) is 3.10. The molecule has 0 saturated carbocycles. The summed E-state index contributed by atoms with van der Waals surface area (Å²) in [6.45, 7) is 24.3. The van der Waals surface area contributed by atoms with Crippen LogP contribution in [0.1, 0.15) is 89.0 Å². The second-order valence-electron chi connectivity index (χ2n) is 6.16. The van der Waals surface area contributed by atoms with Gasteiger partial charge in [0.15, 0.2) is 0 Å². The van der Waals surface area contributed by atoms with Crippen LogP contribution in [0.25, 0.3) is 0 Å². The van der Waals surface area contributed by atoms with Crippen molar-refractivity contribution in [3.05, 3.63) is 11.6 Å². The standard InChI is InChI=1S/C12H24.C5H12.C2H6.H2O/c1-7-12(10(4)5)8-11(6)9(2)3;1-4-5(2)3;1-2;/h8-11H,7H2,1-6H3;5H,4H2,1-3H3;1-2H3;1H2/b12-8+;;;. The van der Waals surface area contributed by atoms with Gasteiger partial charge in [-0.3, -0.25) is 0 Å². The van der Waals surface area contributed by atoms with Gasteiger partial charge in [-0.25, -0.2) is 0 Å². The van der Waals surface area contributed by atoms with Crippen molar-refractivity contribution in [3.8, 4) is 0 Å². The fourth-order valence-electron chi connectivity index (χ4n) is 1.25. The van der Waals surface area contributed by atoms with Crippen LogP contribution in [0.3, 0.4) is 0 Å². The molecule has 0 rings (SSSR count). The fraction of sp³-hybridized carbons (Fsp3) is 0.895. The number of rotatable bonds is 5. The quantitative estimate of drug-likeness (QED) is 0.515. The van der Waals surface area contributed by atoms with E-state index in [1.54, 1.807) is 5.57 Å². The Balaban J connectivity index is -0.000000136. The highest BCUT2D eigenvalue weighted by Crippen LogP contribution is 2.20. The molecule has 2 N–H and O–H groups in total. The molecule has 126 valence electrons. The van der Waals surface area contributed by atoms with Crippen molar-refractivity contribution < 1.29 is 5.48 Å². The molecule has 0 saturated heterocycles. The molecular formula is C19H44O. The molecule has 0 heterocycles. The van der Waals surface area contributed by atoms with Gasteiger partial charge in [-0.05, 0) is 30.1 Å². The van der Waals surface area contributed by atoms with Crippen LogP contribution < -0.4 is 0 Å². The van der Waals surface area contributed by atoms with Crippen LogP contribution in [0.2, 0.25) is 0 Å². The monoisotopic (exact) mass is 288 g/mol. The molecule has 0 aliphatic heterocycles. The average Bonchev–Trinajstić information content (AvgIpc) is 2.37. The minimum atomic E-state index is 0. The normalized spacial score (nSPS) is 12.2. The Morgan fingerprint density at radius 1 is 0.850 bits per heavy atom. The van der Waals surface area contributed by atoms with Crippen LogP contribution in [-0.2, 0) is 0 Å². The third-order valence-electron chi connectivity index (χ3n) is 3.49. The third-order valence-corrected chi connectivity index (χ3v) is 3.49. The van der Waals surface area contributed by atoms with Crippen LogP contribution in [0, 0.1) is 23.7 Å². The van der Waals surface area contributed by atoms with Gasteiger partial charge in [0.2, 0.25) is 0 Å². The van der Waals surface area contributed by atoms with Crippen LogP contribution in [0.5, 0.6) is 0 Å². The summed E-state index contributed by atoms with van der Waals surface area (Å²) in [7, 11) is 0. The summed E-state index contributed by atoms with van der Waals surface area (Å²) >= 11 is 0. The van der Waals surface area contributed by atoms with Crippen molar-refractivity contribution in [2.45, 2.75) is 89.0 Å². The predicted octanol–water partition coefficient (Wildman–Crippen LogP) is 6.52. The maximum atomic E-state index is 2.45. The Kier molecular flexibility index (Phi) is 26.1. The van der Waals surface area contributed by atoms with Crippen molar-refractivity contribution in [1.29, 1.82) is 0 Å². The zero-order valence-corrected chi connectivity index (χ0v) is 16.3. The molecule has 0 fully saturated rings.